The summed E-state index contributed by atoms with van der Waals surface area (Å²) in [5.41, 5.74) is 2.49. The summed E-state index contributed by atoms with van der Waals surface area (Å²) in [6, 6.07) is 3.94. The van der Waals surface area contributed by atoms with Gasteiger partial charge in [-0.3, -0.25) is 0 Å². The smallest absolute Gasteiger partial charge is 0.209 e. The second kappa shape index (κ2) is 7.77. The van der Waals surface area contributed by atoms with Gasteiger partial charge < -0.3 is 14.2 Å². The van der Waals surface area contributed by atoms with Crippen LogP contribution >= 0.6 is 15.9 Å². The number of rotatable bonds is 3. The summed E-state index contributed by atoms with van der Waals surface area (Å²) in [5, 5.41) is 0. The molecule has 0 spiro atoms. The van der Waals surface area contributed by atoms with Crippen LogP contribution < -0.4 is 4.74 Å². The van der Waals surface area contributed by atoms with Crippen LogP contribution in [-0.4, -0.2) is 44.7 Å². The van der Waals surface area contributed by atoms with Crippen molar-refractivity contribution in [1.82, 2.24) is 0 Å². The van der Waals surface area contributed by atoms with Crippen molar-refractivity contribution >= 4 is 27.7 Å². The Kier molecular flexibility index (Phi) is 5.67. The van der Waals surface area contributed by atoms with Gasteiger partial charge in [-0.15, -0.1) is 0 Å². The van der Waals surface area contributed by atoms with Crippen LogP contribution in [0.3, 0.4) is 0 Å². The van der Waals surface area contributed by atoms with Crippen LogP contribution in [0.2, 0.25) is 0 Å². The quantitative estimate of drug-likeness (QED) is 0.763. The molecule has 1 aromatic rings. The van der Waals surface area contributed by atoms with E-state index in [1.54, 1.807) is 14.2 Å². The lowest BCUT2D eigenvalue weighted by molar-refractivity contribution is 0.285. The van der Waals surface area contributed by atoms with E-state index in [2.05, 4.69) is 35.8 Å². The molecule has 0 saturated heterocycles. The number of nitrogens with zero attached hydrogens (tertiary/aromatic N) is 2. The Morgan fingerprint density at radius 3 is 2.64 bits per heavy atom. The van der Waals surface area contributed by atoms with Crippen LogP contribution in [0.4, 0.5) is 0 Å². The monoisotopic (exact) mass is 408 g/mol. The molecular weight excluding hydrogens is 384 g/mol. The highest BCUT2D eigenvalue weighted by molar-refractivity contribution is 9.10. The fourth-order valence-electron chi connectivity index (χ4n) is 3.39. The Bertz CT molecular complexity index is 700. The molecule has 0 saturated carbocycles. The zero-order chi connectivity index (χ0) is 18.0. The molecule has 25 heavy (non-hydrogen) atoms. The minimum Gasteiger partial charge on any atom is -0.492 e. The molecule has 3 rings (SSSR count). The van der Waals surface area contributed by atoms with Gasteiger partial charge in [0.25, 0.3) is 0 Å². The number of hydrogen-bond donors (Lipinski definition) is 0. The molecular formula is C19H25BrN2O3. The van der Waals surface area contributed by atoms with E-state index in [1.807, 2.05) is 6.07 Å². The maximum atomic E-state index is 5.86. The Labute approximate surface area is 157 Å². The molecule has 1 unspecified atom stereocenters. The summed E-state index contributed by atoms with van der Waals surface area (Å²) in [7, 11) is 3.32. The fraction of sp³-hybridized carbons (Fsp3) is 0.579. The molecule has 2 aliphatic heterocycles. The zero-order valence-corrected chi connectivity index (χ0v) is 16.8. The second-order valence-electron chi connectivity index (χ2n) is 6.72. The average molecular weight is 409 g/mol. The van der Waals surface area contributed by atoms with Crippen molar-refractivity contribution in [1.29, 1.82) is 0 Å². The molecule has 2 aliphatic rings. The number of fused-ring (bicyclic) bond motifs is 1. The topological polar surface area (TPSA) is 52.4 Å². The van der Waals surface area contributed by atoms with Crippen LogP contribution in [-0.2, 0) is 22.3 Å². The molecule has 0 N–H and O–H groups in total. The third-order valence-electron chi connectivity index (χ3n) is 4.68. The van der Waals surface area contributed by atoms with Crippen LogP contribution in [0.25, 0.3) is 0 Å². The summed E-state index contributed by atoms with van der Waals surface area (Å²) < 4.78 is 17.9. The third-order valence-corrected chi connectivity index (χ3v) is 5.30. The number of aliphatic imine (C=N–C) groups is 2. The van der Waals surface area contributed by atoms with Gasteiger partial charge in [0.05, 0.1) is 25.3 Å². The highest BCUT2D eigenvalue weighted by Gasteiger charge is 2.32. The number of halogens is 1. The first kappa shape index (κ1) is 18.2. The Balaban J connectivity index is 1.92. The molecule has 0 bridgehead atoms. The predicted octanol–water partition coefficient (Wildman–Crippen LogP) is 3.81. The summed E-state index contributed by atoms with van der Waals surface area (Å²) in [6.07, 6.45) is 2.78. The Hall–Kier alpha value is -1.56. The van der Waals surface area contributed by atoms with E-state index < -0.39 is 0 Å². The van der Waals surface area contributed by atoms with Gasteiger partial charge in [0.2, 0.25) is 11.8 Å². The molecule has 0 aromatic heterocycles. The first-order chi connectivity index (χ1) is 12.0. The van der Waals surface area contributed by atoms with Crippen LogP contribution in [0.1, 0.15) is 31.4 Å². The first-order valence-electron chi connectivity index (χ1n) is 8.71. The van der Waals surface area contributed by atoms with Gasteiger partial charge in [-0.25, -0.2) is 9.98 Å². The van der Waals surface area contributed by atoms with E-state index in [1.165, 1.54) is 11.1 Å². The van der Waals surface area contributed by atoms with Crippen LogP contribution in [0.15, 0.2) is 26.6 Å². The van der Waals surface area contributed by atoms with Gasteiger partial charge in [0.1, 0.15) is 17.8 Å². The van der Waals surface area contributed by atoms with Crippen molar-refractivity contribution in [3.8, 4) is 5.75 Å². The third kappa shape index (κ3) is 3.68. The van der Waals surface area contributed by atoms with Gasteiger partial charge in [-0.2, -0.15) is 0 Å². The minimum absolute atomic E-state index is 0.0848. The SMILES string of the molecule is COC1=N[C@@H](Cc2ccc(Br)c3c2CCCO3)C(OC)=NC1C(C)C. The predicted molar refractivity (Wildman–Crippen MR) is 103 cm³/mol. The largest absolute Gasteiger partial charge is 0.492 e. The van der Waals surface area contributed by atoms with Crippen molar-refractivity contribution in [2.75, 3.05) is 20.8 Å². The molecule has 0 fully saturated rings. The number of methoxy groups -OCH3 is 2. The highest BCUT2D eigenvalue weighted by Crippen LogP contribution is 2.36. The lowest BCUT2D eigenvalue weighted by Gasteiger charge is -2.28. The van der Waals surface area contributed by atoms with Gasteiger partial charge >= 0.3 is 0 Å². The zero-order valence-electron chi connectivity index (χ0n) is 15.2. The van der Waals surface area contributed by atoms with E-state index in [9.17, 15) is 0 Å². The second-order valence-corrected chi connectivity index (χ2v) is 7.57. The number of benzene rings is 1. The van der Waals surface area contributed by atoms with Crippen LogP contribution in [0.5, 0.6) is 5.75 Å². The van der Waals surface area contributed by atoms with Gasteiger partial charge in [-0.1, -0.05) is 19.9 Å². The minimum atomic E-state index is -0.165. The van der Waals surface area contributed by atoms with E-state index >= 15 is 0 Å². The first-order valence-corrected chi connectivity index (χ1v) is 9.50. The lowest BCUT2D eigenvalue weighted by Crippen LogP contribution is -2.38. The maximum absolute atomic E-state index is 5.86. The number of ether oxygens (including phenoxy) is 3. The van der Waals surface area contributed by atoms with Gasteiger partial charge in [-0.05, 0) is 51.9 Å². The average Bonchev–Trinajstić information content (AvgIpc) is 2.63. The maximum Gasteiger partial charge on any atom is 0.209 e. The number of hydrogen-bond acceptors (Lipinski definition) is 5. The fourth-order valence-corrected chi connectivity index (χ4v) is 3.87. The molecule has 5 nitrogen and oxygen atoms in total. The van der Waals surface area contributed by atoms with Crippen molar-refractivity contribution in [2.45, 2.75) is 45.2 Å². The Morgan fingerprint density at radius 2 is 1.96 bits per heavy atom. The molecule has 1 aromatic carbocycles. The van der Waals surface area contributed by atoms with E-state index in [-0.39, 0.29) is 12.1 Å². The lowest BCUT2D eigenvalue weighted by atomic mass is 9.94. The molecule has 0 amide bonds. The molecule has 0 radical (unpaired) electrons. The van der Waals surface area contributed by atoms with Crippen molar-refractivity contribution in [3.63, 3.8) is 0 Å². The van der Waals surface area contributed by atoms with Gasteiger partial charge in [0.15, 0.2) is 0 Å². The normalized spacial score (nSPS) is 22.6. The summed E-state index contributed by atoms with van der Waals surface area (Å²) in [6.45, 7) is 4.99. The highest BCUT2D eigenvalue weighted by atomic mass is 79.9. The summed E-state index contributed by atoms with van der Waals surface area (Å²) in [5.74, 6) is 2.63. The van der Waals surface area contributed by atoms with Crippen LogP contribution in [0, 0.1) is 5.92 Å². The van der Waals surface area contributed by atoms with Crippen molar-refractivity contribution in [2.24, 2.45) is 15.9 Å². The standard InChI is InChI=1S/C19H25BrN2O3/c1-11(2)16-19(24-4)21-15(18(22-16)23-3)10-12-7-8-14(20)17-13(12)6-5-9-25-17/h7-8,11,15-16H,5-6,9-10H2,1-4H3/t15-,16?/m0/s1. The molecule has 2 atom stereocenters. The van der Waals surface area contributed by atoms with E-state index in [4.69, 9.17) is 24.2 Å². The molecule has 2 heterocycles. The molecule has 0 aliphatic carbocycles. The van der Waals surface area contributed by atoms with Gasteiger partial charge in [0, 0.05) is 6.42 Å². The van der Waals surface area contributed by atoms with Crippen molar-refractivity contribution in [3.05, 3.63) is 27.7 Å². The summed E-state index contributed by atoms with van der Waals surface area (Å²) >= 11 is 3.59. The molecule has 6 heteroatoms. The van der Waals surface area contributed by atoms with E-state index in [0.717, 1.165) is 36.1 Å². The van der Waals surface area contributed by atoms with Crippen molar-refractivity contribution < 1.29 is 14.2 Å². The Morgan fingerprint density at radius 1 is 1.20 bits per heavy atom. The van der Waals surface area contributed by atoms with E-state index in [0.29, 0.717) is 17.7 Å². The molecule has 136 valence electrons. The summed E-state index contributed by atoms with van der Waals surface area (Å²) in [4.78, 5) is 9.57.